The molecular weight excluding hydrogens is 481 g/mol. The normalized spacial score (nSPS) is 11.5. The number of esters is 1. The number of hydrogen-bond donors (Lipinski definition) is 0. The quantitative estimate of drug-likeness (QED) is 0.300. The summed E-state index contributed by atoms with van der Waals surface area (Å²) >= 11 is 6.10. The monoisotopic (exact) mass is 500 g/mol. The van der Waals surface area contributed by atoms with Crippen LogP contribution in [-0.4, -0.2) is 32.9 Å². The van der Waals surface area contributed by atoms with Crippen LogP contribution in [0.15, 0.2) is 39.5 Å². The molecule has 11 heteroatoms. The van der Waals surface area contributed by atoms with Crippen molar-refractivity contribution in [2.24, 2.45) is 0 Å². The molecule has 0 spiro atoms. The molecule has 0 unspecified atom stereocenters. The van der Waals surface area contributed by atoms with Crippen molar-refractivity contribution in [1.82, 2.24) is 0 Å². The van der Waals surface area contributed by atoms with Gasteiger partial charge >= 0.3 is 12.1 Å². The van der Waals surface area contributed by atoms with Gasteiger partial charge in [-0.3, -0.25) is 4.79 Å². The fourth-order valence-electron chi connectivity index (χ4n) is 3.03. The predicted octanol–water partition coefficient (Wildman–Crippen LogP) is 5.44. The average Bonchev–Trinajstić information content (AvgIpc) is 2.77. The number of hydrogen-bond acceptors (Lipinski definition) is 7. The molecule has 0 atom stereocenters. The van der Waals surface area contributed by atoms with Crippen molar-refractivity contribution in [2.75, 3.05) is 26.9 Å². The topological polar surface area (TPSA) is 84.2 Å². The molecule has 0 amide bonds. The van der Waals surface area contributed by atoms with Gasteiger partial charge in [0.2, 0.25) is 11.2 Å². The van der Waals surface area contributed by atoms with Gasteiger partial charge in [0.05, 0.1) is 12.0 Å². The Morgan fingerprint density at radius 1 is 1.06 bits per heavy atom. The molecule has 0 fully saturated rings. The van der Waals surface area contributed by atoms with Crippen LogP contribution in [0.25, 0.3) is 11.0 Å². The molecule has 182 valence electrons. The maximum atomic E-state index is 13.7. The van der Waals surface area contributed by atoms with Crippen molar-refractivity contribution < 1.29 is 41.3 Å². The van der Waals surface area contributed by atoms with Gasteiger partial charge in [0.1, 0.15) is 23.7 Å². The zero-order valence-electron chi connectivity index (χ0n) is 18.4. The van der Waals surface area contributed by atoms with E-state index in [0.717, 1.165) is 6.07 Å². The summed E-state index contributed by atoms with van der Waals surface area (Å²) in [6, 6.07) is 6.45. The van der Waals surface area contributed by atoms with Crippen LogP contribution in [0.2, 0.25) is 5.02 Å². The molecule has 3 aromatic rings. The summed E-state index contributed by atoms with van der Waals surface area (Å²) < 4.78 is 66.5. The Hall–Kier alpha value is -3.24. The Balaban J connectivity index is 1.96. The van der Waals surface area contributed by atoms with Crippen LogP contribution >= 0.6 is 11.6 Å². The van der Waals surface area contributed by atoms with Crippen molar-refractivity contribution in [3.05, 3.63) is 62.5 Å². The number of halogens is 4. The second-order valence-corrected chi connectivity index (χ2v) is 7.60. The van der Waals surface area contributed by atoms with E-state index >= 15 is 0 Å². The van der Waals surface area contributed by atoms with E-state index in [-0.39, 0.29) is 30.1 Å². The molecule has 0 aliphatic rings. The largest absolute Gasteiger partial charge is 0.482 e. The maximum Gasteiger partial charge on any atom is 0.453 e. The van der Waals surface area contributed by atoms with Gasteiger partial charge in [0, 0.05) is 18.2 Å². The van der Waals surface area contributed by atoms with E-state index in [0.29, 0.717) is 16.1 Å². The number of rotatable bonds is 8. The molecular formula is C23H20ClF3O7. The number of aryl methyl sites for hydroxylation is 2. The summed E-state index contributed by atoms with van der Waals surface area (Å²) in [5.74, 6) is -3.30. The Morgan fingerprint density at radius 2 is 1.74 bits per heavy atom. The molecule has 34 heavy (non-hydrogen) atoms. The van der Waals surface area contributed by atoms with Crippen LogP contribution in [0.3, 0.4) is 0 Å². The molecule has 3 rings (SSSR count). The molecule has 0 aliphatic heterocycles. The molecule has 0 aliphatic carbocycles. The van der Waals surface area contributed by atoms with Crippen molar-refractivity contribution in [3.63, 3.8) is 0 Å². The highest BCUT2D eigenvalue weighted by Gasteiger charge is 2.40. The molecule has 0 radical (unpaired) electrons. The van der Waals surface area contributed by atoms with Gasteiger partial charge in [-0.05, 0) is 49.2 Å². The van der Waals surface area contributed by atoms with Crippen molar-refractivity contribution >= 4 is 28.5 Å². The second-order valence-electron chi connectivity index (χ2n) is 7.22. The number of carbonyl (C=O) groups excluding carboxylic acids is 1. The van der Waals surface area contributed by atoms with E-state index in [1.54, 1.807) is 13.8 Å². The SMILES string of the molecule is COCCOC(=O)COc1ccc2c(=O)c(Oc3cc(C)c(Cl)c(C)c3)c(C(F)(F)F)oc2c1. The minimum absolute atomic E-state index is 0.00323. The Bertz CT molecular complexity index is 1240. The van der Waals surface area contributed by atoms with Crippen molar-refractivity contribution in [1.29, 1.82) is 0 Å². The number of alkyl halides is 3. The molecule has 0 saturated carbocycles. The van der Waals surface area contributed by atoms with Crippen molar-refractivity contribution in [3.8, 4) is 17.2 Å². The minimum Gasteiger partial charge on any atom is -0.482 e. The fraction of sp³-hybridized carbons (Fsp3) is 0.304. The lowest BCUT2D eigenvalue weighted by Gasteiger charge is -2.15. The molecule has 1 heterocycles. The summed E-state index contributed by atoms with van der Waals surface area (Å²) in [5.41, 5.74) is -0.279. The summed E-state index contributed by atoms with van der Waals surface area (Å²) in [5, 5.41) is 0.268. The zero-order valence-corrected chi connectivity index (χ0v) is 19.1. The highest BCUT2D eigenvalue weighted by atomic mass is 35.5. The van der Waals surface area contributed by atoms with Crippen LogP contribution in [-0.2, 0) is 20.4 Å². The van der Waals surface area contributed by atoms with Gasteiger partial charge in [-0.25, -0.2) is 4.79 Å². The first kappa shape index (κ1) is 25.4. The lowest BCUT2D eigenvalue weighted by Crippen LogP contribution is -2.17. The van der Waals surface area contributed by atoms with E-state index in [2.05, 4.69) is 0 Å². The number of carbonyl (C=O) groups is 1. The van der Waals surface area contributed by atoms with Gasteiger partial charge in [-0.1, -0.05) is 11.6 Å². The van der Waals surface area contributed by atoms with Gasteiger partial charge in [0.15, 0.2) is 6.61 Å². The van der Waals surface area contributed by atoms with Crippen LogP contribution < -0.4 is 14.9 Å². The maximum absolute atomic E-state index is 13.7. The third kappa shape index (κ3) is 5.81. The summed E-state index contributed by atoms with van der Waals surface area (Å²) in [7, 11) is 1.44. The van der Waals surface area contributed by atoms with Crippen LogP contribution in [0.4, 0.5) is 13.2 Å². The van der Waals surface area contributed by atoms with E-state index in [4.69, 9.17) is 35.0 Å². The Labute approximate surface area is 196 Å². The van der Waals surface area contributed by atoms with Gasteiger partial charge in [0.25, 0.3) is 5.76 Å². The van der Waals surface area contributed by atoms with Gasteiger partial charge in [-0.2, -0.15) is 13.2 Å². The molecule has 1 aromatic heterocycles. The first-order valence-electron chi connectivity index (χ1n) is 9.91. The predicted molar refractivity (Wildman–Crippen MR) is 117 cm³/mol. The molecule has 2 aromatic carbocycles. The summed E-state index contributed by atoms with van der Waals surface area (Å²) in [4.78, 5) is 24.6. The third-order valence-electron chi connectivity index (χ3n) is 4.62. The molecule has 0 N–H and O–H groups in total. The number of fused-ring (bicyclic) bond motifs is 1. The summed E-state index contributed by atoms with van der Waals surface area (Å²) in [6.07, 6.45) is -5.03. The summed E-state index contributed by atoms with van der Waals surface area (Å²) in [6.45, 7) is 3.04. The lowest BCUT2D eigenvalue weighted by molar-refractivity contribution is -0.154. The van der Waals surface area contributed by atoms with Crippen LogP contribution in [0.1, 0.15) is 16.9 Å². The molecule has 0 saturated heterocycles. The van der Waals surface area contributed by atoms with E-state index in [9.17, 15) is 22.8 Å². The van der Waals surface area contributed by atoms with Gasteiger partial charge in [-0.15, -0.1) is 0 Å². The standard InChI is InChI=1S/C23H20ClF3O7/c1-12-8-15(9-13(2)19(12)24)33-21-20(29)16-5-4-14(32-11-18(28)31-7-6-30-3)10-17(16)34-22(21)23(25,26)27/h4-5,8-10H,6-7,11H2,1-3H3. The van der Waals surface area contributed by atoms with E-state index < -0.39 is 41.3 Å². The molecule has 0 bridgehead atoms. The number of ether oxygens (including phenoxy) is 4. The Morgan fingerprint density at radius 3 is 2.35 bits per heavy atom. The smallest absolute Gasteiger partial charge is 0.453 e. The molecule has 7 nitrogen and oxygen atoms in total. The minimum atomic E-state index is -5.03. The first-order chi connectivity index (χ1) is 16.0. The zero-order chi connectivity index (χ0) is 25.0. The van der Waals surface area contributed by atoms with E-state index in [1.807, 2.05) is 0 Å². The Kier molecular flexibility index (Phi) is 7.73. The van der Waals surface area contributed by atoms with Crippen LogP contribution in [0.5, 0.6) is 17.2 Å². The second kappa shape index (κ2) is 10.4. The lowest BCUT2D eigenvalue weighted by atomic mass is 10.1. The number of benzene rings is 2. The van der Waals surface area contributed by atoms with E-state index in [1.165, 1.54) is 31.4 Å². The average molecular weight is 501 g/mol. The highest BCUT2D eigenvalue weighted by Crippen LogP contribution is 2.39. The third-order valence-corrected chi connectivity index (χ3v) is 5.21. The first-order valence-corrected chi connectivity index (χ1v) is 10.3. The highest BCUT2D eigenvalue weighted by molar-refractivity contribution is 6.32. The van der Waals surface area contributed by atoms with Crippen molar-refractivity contribution in [2.45, 2.75) is 20.0 Å². The van der Waals surface area contributed by atoms with Gasteiger partial charge < -0.3 is 23.4 Å². The van der Waals surface area contributed by atoms with Crippen LogP contribution in [0, 0.1) is 13.8 Å². The fourth-order valence-corrected chi connectivity index (χ4v) is 3.14. The number of methoxy groups -OCH3 is 1.